The molecule has 1 aliphatic heterocycles. The van der Waals surface area contributed by atoms with Crippen LogP contribution in [0.15, 0.2) is 36.8 Å². The number of nitrogens with zero attached hydrogens (tertiary/aromatic N) is 5. The van der Waals surface area contributed by atoms with Gasteiger partial charge < -0.3 is 15.5 Å². The molecule has 0 unspecified atom stereocenters. The van der Waals surface area contributed by atoms with Gasteiger partial charge in [-0.25, -0.2) is 19.9 Å². The van der Waals surface area contributed by atoms with E-state index in [4.69, 9.17) is 11.6 Å². The number of piperidine rings is 1. The molecule has 0 bridgehead atoms. The normalized spacial score (nSPS) is 21.1. The molecular weight excluding hydrogens is 462 g/mol. The Bertz CT molecular complexity index is 1160. The predicted molar refractivity (Wildman–Crippen MR) is 139 cm³/mol. The first kappa shape index (κ1) is 23.7. The van der Waals surface area contributed by atoms with E-state index in [1.54, 1.807) is 18.6 Å². The molecule has 1 amide bonds. The van der Waals surface area contributed by atoms with E-state index in [1.165, 1.54) is 0 Å². The number of halogens is 1. The van der Waals surface area contributed by atoms with E-state index in [0.717, 1.165) is 74.9 Å². The highest BCUT2D eigenvalue weighted by atomic mass is 35.5. The number of carbonyl (C=O) groups excluding carboxylic acids is 1. The summed E-state index contributed by atoms with van der Waals surface area (Å²) in [6.45, 7) is 4.71. The summed E-state index contributed by atoms with van der Waals surface area (Å²) in [5.74, 6) is 2.72. The van der Waals surface area contributed by atoms with Crippen molar-refractivity contribution in [3.8, 4) is 0 Å². The number of hydrogen-bond acceptors (Lipinski definition) is 7. The van der Waals surface area contributed by atoms with Gasteiger partial charge in [0.15, 0.2) is 5.15 Å². The van der Waals surface area contributed by atoms with Crippen LogP contribution in [-0.4, -0.2) is 56.4 Å². The SMILES string of the molecule is CC1CCN(C(=O)c2cnc(NCC3CCC(Nc4ccc5ccnc(Cl)c5n4)CC3)nc2)CC1. The van der Waals surface area contributed by atoms with Crippen LogP contribution in [0.4, 0.5) is 11.8 Å². The largest absolute Gasteiger partial charge is 0.367 e. The van der Waals surface area contributed by atoms with Crippen molar-refractivity contribution >= 4 is 40.2 Å². The number of aromatic nitrogens is 4. The number of nitrogens with one attached hydrogen (secondary N) is 2. The molecule has 3 aromatic rings. The summed E-state index contributed by atoms with van der Waals surface area (Å²) in [4.78, 5) is 32.1. The van der Waals surface area contributed by atoms with Gasteiger partial charge in [0, 0.05) is 49.7 Å². The van der Waals surface area contributed by atoms with Crippen molar-refractivity contribution in [1.82, 2.24) is 24.8 Å². The van der Waals surface area contributed by atoms with Gasteiger partial charge in [-0.3, -0.25) is 4.79 Å². The molecule has 9 heteroatoms. The zero-order valence-corrected chi connectivity index (χ0v) is 20.8. The number of amides is 1. The van der Waals surface area contributed by atoms with Gasteiger partial charge in [-0.1, -0.05) is 18.5 Å². The average Bonchev–Trinajstić information content (AvgIpc) is 2.89. The number of anilines is 2. The summed E-state index contributed by atoms with van der Waals surface area (Å²) in [6.07, 6.45) is 11.5. The third kappa shape index (κ3) is 5.81. The minimum atomic E-state index is 0.0358. The van der Waals surface area contributed by atoms with Gasteiger partial charge >= 0.3 is 0 Å². The molecule has 1 aliphatic carbocycles. The van der Waals surface area contributed by atoms with Gasteiger partial charge in [-0.05, 0) is 68.6 Å². The second kappa shape index (κ2) is 10.7. The van der Waals surface area contributed by atoms with E-state index in [9.17, 15) is 4.79 Å². The lowest BCUT2D eigenvalue weighted by molar-refractivity contribution is 0.0696. The number of likely N-dealkylation sites (tertiary alicyclic amines) is 1. The molecule has 2 N–H and O–H groups in total. The van der Waals surface area contributed by atoms with Gasteiger partial charge in [0.2, 0.25) is 5.95 Å². The number of rotatable bonds is 6. The molecule has 8 nitrogen and oxygen atoms in total. The fourth-order valence-corrected chi connectivity index (χ4v) is 5.18. The van der Waals surface area contributed by atoms with Crippen LogP contribution in [0.3, 0.4) is 0 Å². The van der Waals surface area contributed by atoms with Gasteiger partial charge in [0.25, 0.3) is 5.91 Å². The minimum Gasteiger partial charge on any atom is -0.367 e. The molecule has 0 radical (unpaired) electrons. The van der Waals surface area contributed by atoms with Crippen molar-refractivity contribution in [3.05, 3.63) is 47.5 Å². The van der Waals surface area contributed by atoms with Crippen LogP contribution in [0.25, 0.3) is 10.9 Å². The number of pyridine rings is 2. The van der Waals surface area contributed by atoms with Crippen molar-refractivity contribution in [3.63, 3.8) is 0 Å². The highest BCUT2D eigenvalue weighted by Gasteiger charge is 2.23. The summed E-state index contributed by atoms with van der Waals surface area (Å²) in [7, 11) is 0. The zero-order valence-electron chi connectivity index (χ0n) is 20.1. The molecule has 35 heavy (non-hydrogen) atoms. The van der Waals surface area contributed by atoms with Crippen molar-refractivity contribution in [2.24, 2.45) is 11.8 Å². The van der Waals surface area contributed by atoms with Crippen LogP contribution < -0.4 is 10.6 Å². The topological polar surface area (TPSA) is 95.9 Å². The summed E-state index contributed by atoms with van der Waals surface area (Å²) in [6, 6.07) is 6.34. The Kier molecular flexibility index (Phi) is 7.27. The molecule has 5 rings (SSSR count). The van der Waals surface area contributed by atoms with Crippen molar-refractivity contribution < 1.29 is 4.79 Å². The molecular formula is C26H32ClN7O. The first-order valence-electron chi connectivity index (χ1n) is 12.6. The summed E-state index contributed by atoms with van der Waals surface area (Å²) in [5.41, 5.74) is 1.30. The smallest absolute Gasteiger partial charge is 0.256 e. The summed E-state index contributed by atoms with van der Waals surface area (Å²) in [5, 5.41) is 8.34. The van der Waals surface area contributed by atoms with Crippen LogP contribution in [0, 0.1) is 11.8 Å². The third-order valence-corrected chi connectivity index (χ3v) is 7.56. The number of fused-ring (bicyclic) bond motifs is 1. The average molecular weight is 494 g/mol. The molecule has 2 fully saturated rings. The molecule has 0 atom stereocenters. The Morgan fingerprint density at radius 1 is 1.03 bits per heavy atom. The highest BCUT2D eigenvalue weighted by Crippen LogP contribution is 2.28. The van der Waals surface area contributed by atoms with Crippen LogP contribution in [-0.2, 0) is 0 Å². The maximum atomic E-state index is 12.7. The quantitative estimate of drug-likeness (QED) is 0.465. The number of hydrogen-bond donors (Lipinski definition) is 2. The minimum absolute atomic E-state index is 0.0358. The Labute approximate surface area is 210 Å². The standard InChI is InChI=1S/C26H32ClN7O/c1-17-9-12-34(13-10-17)25(35)20-15-30-26(31-16-20)29-14-18-2-5-21(6-3-18)32-22-7-4-19-8-11-28-24(27)23(19)33-22/h4,7-8,11,15-18,21H,2-3,5-6,9-10,12-14H2,1H3,(H,32,33)(H,29,30,31). The maximum Gasteiger partial charge on any atom is 0.256 e. The van der Waals surface area contributed by atoms with E-state index < -0.39 is 0 Å². The molecule has 184 valence electrons. The first-order chi connectivity index (χ1) is 17.0. The first-order valence-corrected chi connectivity index (χ1v) is 13.0. The lowest BCUT2D eigenvalue weighted by atomic mass is 9.86. The second-order valence-corrected chi connectivity index (χ2v) is 10.2. The van der Waals surface area contributed by atoms with E-state index in [0.29, 0.717) is 34.5 Å². The molecule has 1 saturated carbocycles. The third-order valence-electron chi connectivity index (χ3n) is 7.28. The second-order valence-electron chi connectivity index (χ2n) is 9.88. The van der Waals surface area contributed by atoms with Crippen LogP contribution in [0.1, 0.15) is 55.8 Å². The molecule has 3 aromatic heterocycles. The van der Waals surface area contributed by atoms with Crippen molar-refractivity contribution in [2.75, 3.05) is 30.3 Å². The molecule has 1 saturated heterocycles. The monoisotopic (exact) mass is 493 g/mol. The van der Waals surface area contributed by atoms with Gasteiger partial charge in [-0.15, -0.1) is 0 Å². The van der Waals surface area contributed by atoms with Gasteiger partial charge in [0.05, 0.1) is 5.56 Å². The predicted octanol–water partition coefficient (Wildman–Crippen LogP) is 5.03. The van der Waals surface area contributed by atoms with E-state index in [1.807, 2.05) is 23.1 Å². The molecule has 0 aromatic carbocycles. The molecule has 4 heterocycles. The van der Waals surface area contributed by atoms with E-state index in [2.05, 4.69) is 37.5 Å². The summed E-state index contributed by atoms with van der Waals surface area (Å²) < 4.78 is 0. The lowest BCUT2D eigenvalue weighted by Gasteiger charge is -2.30. The fraction of sp³-hybridized carbons (Fsp3) is 0.500. The Hall–Kier alpha value is -3.00. The Morgan fingerprint density at radius 3 is 2.51 bits per heavy atom. The Balaban J connectivity index is 1.07. The number of carbonyl (C=O) groups is 1. The molecule has 0 spiro atoms. The van der Waals surface area contributed by atoms with Crippen LogP contribution in [0.2, 0.25) is 5.15 Å². The zero-order chi connectivity index (χ0) is 24.2. The fourth-order valence-electron chi connectivity index (χ4n) is 4.97. The molecule has 2 aliphatic rings. The van der Waals surface area contributed by atoms with E-state index >= 15 is 0 Å². The van der Waals surface area contributed by atoms with Crippen molar-refractivity contribution in [2.45, 2.75) is 51.5 Å². The van der Waals surface area contributed by atoms with Gasteiger partial charge in [0.1, 0.15) is 11.3 Å². The maximum absolute atomic E-state index is 12.7. The van der Waals surface area contributed by atoms with Gasteiger partial charge in [-0.2, -0.15) is 0 Å². The van der Waals surface area contributed by atoms with Crippen molar-refractivity contribution in [1.29, 1.82) is 0 Å². The lowest BCUT2D eigenvalue weighted by Crippen LogP contribution is -2.38. The summed E-state index contributed by atoms with van der Waals surface area (Å²) >= 11 is 6.20. The Morgan fingerprint density at radius 2 is 1.77 bits per heavy atom. The van der Waals surface area contributed by atoms with Crippen LogP contribution >= 0.6 is 11.6 Å². The van der Waals surface area contributed by atoms with Crippen LogP contribution in [0.5, 0.6) is 0 Å². The van der Waals surface area contributed by atoms with E-state index in [-0.39, 0.29) is 5.91 Å². The highest BCUT2D eigenvalue weighted by molar-refractivity contribution is 6.33.